The molecule has 4 bridgehead atoms. The number of esters is 1. The summed E-state index contributed by atoms with van der Waals surface area (Å²) < 4.78 is 5.64. The van der Waals surface area contributed by atoms with Gasteiger partial charge in [-0.1, -0.05) is 12.8 Å². The van der Waals surface area contributed by atoms with Crippen molar-refractivity contribution in [2.45, 2.75) is 64.2 Å². The standard InChI is InChI=1S/C18H30NO3/c1-19(21)6-4-2-3-5-7-22-17(20)18-11-14-8-15(12-18)10-16(9-14)13-18/h14-16H,2-13H2,1H3/q-1. The lowest BCUT2D eigenvalue weighted by atomic mass is 9.49. The van der Waals surface area contributed by atoms with Gasteiger partial charge in [-0.15, -0.1) is 0 Å². The van der Waals surface area contributed by atoms with Crippen LogP contribution >= 0.6 is 0 Å². The van der Waals surface area contributed by atoms with Crippen molar-refractivity contribution in [2.24, 2.45) is 23.2 Å². The zero-order chi connectivity index (χ0) is 15.6. The van der Waals surface area contributed by atoms with Crippen LogP contribution < -0.4 is 0 Å². The molecule has 0 aliphatic heterocycles. The van der Waals surface area contributed by atoms with Crippen molar-refractivity contribution in [2.75, 3.05) is 20.2 Å². The Bertz CT molecular complexity index is 359. The van der Waals surface area contributed by atoms with Crippen LogP contribution in [-0.4, -0.2) is 31.2 Å². The summed E-state index contributed by atoms with van der Waals surface area (Å²) in [6.07, 6.45) is 11.3. The van der Waals surface area contributed by atoms with Crippen molar-refractivity contribution < 1.29 is 9.53 Å². The Kier molecular flexibility index (Phi) is 5.08. The van der Waals surface area contributed by atoms with Gasteiger partial charge >= 0.3 is 5.97 Å². The Morgan fingerprint density at radius 1 is 1.05 bits per heavy atom. The molecule has 0 atom stereocenters. The van der Waals surface area contributed by atoms with Crippen molar-refractivity contribution in [3.8, 4) is 0 Å². The lowest BCUT2D eigenvalue weighted by Crippen LogP contribution is -2.50. The van der Waals surface area contributed by atoms with Crippen LogP contribution in [-0.2, 0) is 9.53 Å². The zero-order valence-electron chi connectivity index (χ0n) is 13.9. The molecule has 0 aromatic rings. The lowest BCUT2D eigenvalue weighted by molar-refractivity contribution is -0.171. The summed E-state index contributed by atoms with van der Waals surface area (Å²) >= 11 is 0. The Balaban J connectivity index is 1.36. The number of hydrogen-bond donors (Lipinski definition) is 0. The van der Waals surface area contributed by atoms with Crippen LogP contribution in [0.1, 0.15) is 64.2 Å². The van der Waals surface area contributed by atoms with Crippen LogP contribution in [0, 0.1) is 28.4 Å². The molecule has 4 saturated carbocycles. The maximum atomic E-state index is 12.6. The molecule has 0 N–H and O–H groups in total. The molecule has 0 saturated heterocycles. The van der Waals surface area contributed by atoms with Gasteiger partial charge in [0.2, 0.25) is 0 Å². The second-order valence-electron chi connectivity index (χ2n) is 8.10. The summed E-state index contributed by atoms with van der Waals surface area (Å²) in [7, 11) is 1.56. The van der Waals surface area contributed by atoms with Gasteiger partial charge in [-0.05, 0) is 82.7 Å². The quantitative estimate of drug-likeness (QED) is 0.389. The minimum atomic E-state index is -0.111. The van der Waals surface area contributed by atoms with E-state index < -0.39 is 0 Å². The number of nitrogens with zero attached hydrogens (tertiary/aromatic N) is 1. The van der Waals surface area contributed by atoms with Crippen molar-refractivity contribution in [1.82, 2.24) is 5.06 Å². The maximum Gasteiger partial charge on any atom is 0.312 e. The molecule has 0 heterocycles. The summed E-state index contributed by atoms with van der Waals surface area (Å²) in [6.45, 7) is 1.17. The molecule has 4 nitrogen and oxygen atoms in total. The molecule has 0 spiro atoms. The van der Waals surface area contributed by atoms with Gasteiger partial charge in [-0.2, -0.15) is 0 Å². The first kappa shape index (κ1) is 16.3. The number of carbonyl (C=O) groups excluding carboxylic acids is 1. The largest absolute Gasteiger partial charge is 0.785 e. The van der Waals surface area contributed by atoms with Crippen LogP contribution in [0.2, 0.25) is 0 Å². The Morgan fingerprint density at radius 2 is 1.59 bits per heavy atom. The average molecular weight is 308 g/mol. The van der Waals surface area contributed by atoms with E-state index >= 15 is 0 Å². The molecule has 0 unspecified atom stereocenters. The fourth-order valence-corrected chi connectivity index (χ4v) is 5.47. The minimum Gasteiger partial charge on any atom is -0.785 e. The van der Waals surface area contributed by atoms with Crippen molar-refractivity contribution in [3.05, 3.63) is 5.21 Å². The Hall–Kier alpha value is -0.610. The second kappa shape index (κ2) is 6.88. The first-order valence-electron chi connectivity index (χ1n) is 9.13. The number of hydrogen-bond acceptors (Lipinski definition) is 4. The SMILES string of the molecule is CN([O-])CCCCCCOC(=O)C12CC3CC(CC(C3)C1)C2. The monoisotopic (exact) mass is 308 g/mol. The number of rotatable bonds is 8. The van der Waals surface area contributed by atoms with Gasteiger partial charge in [0.1, 0.15) is 0 Å². The van der Waals surface area contributed by atoms with Crippen molar-refractivity contribution in [3.63, 3.8) is 0 Å². The third kappa shape index (κ3) is 3.65. The Labute approximate surface area is 134 Å². The van der Waals surface area contributed by atoms with Crippen LogP contribution in [0.25, 0.3) is 0 Å². The highest BCUT2D eigenvalue weighted by Crippen LogP contribution is 2.60. The fourth-order valence-electron chi connectivity index (χ4n) is 5.47. The first-order valence-corrected chi connectivity index (χ1v) is 9.13. The van der Waals surface area contributed by atoms with Gasteiger partial charge in [-0.25, -0.2) is 0 Å². The average Bonchev–Trinajstić information content (AvgIpc) is 2.44. The fraction of sp³-hybridized carbons (Fsp3) is 0.944. The topological polar surface area (TPSA) is 52.6 Å². The predicted molar refractivity (Wildman–Crippen MR) is 86.0 cm³/mol. The van der Waals surface area contributed by atoms with E-state index in [4.69, 9.17) is 4.74 Å². The van der Waals surface area contributed by atoms with E-state index in [2.05, 4.69) is 0 Å². The molecule has 0 aromatic carbocycles. The van der Waals surface area contributed by atoms with Crippen LogP contribution in [0.15, 0.2) is 0 Å². The molecule has 0 amide bonds. The van der Waals surface area contributed by atoms with E-state index in [0.717, 1.165) is 67.8 Å². The molecule has 4 rings (SSSR count). The maximum absolute atomic E-state index is 12.6. The molecule has 4 fully saturated rings. The number of hydroxylamine groups is 2. The highest BCUT2D eigenvalue weighted by Gasteiger charge is 2.55. The van der Waals surface area contributed by atoms with E-state index in [9.17, 15) is 10.0 Å². The van der Waals surface area contributed by atoms with Gasteiger partial charge in [0.05, 0.1) is 12.0 Å². The number of carbonyl (C=O) groups is 1. The van der Waals surface area contributed by atoms with Crippen LogP contribution in [0.3, 0.4) is 0 Å². The predicted octanol–water partition coefficient (Wildman–Crippen LogP) is 3.74. The van der Waals surface area contributed by atoms with E-state index in [1.54, 1.807) is 7.05 Å². The highest BCUT2D eigenvalue weighted by molar-refractivity contribution is 5.77. The lowest BCUT2D eigenvalue weighted by Gasteiger charge is -2.55. The highest BCUT2D eigenvalue weighted by atomic mass is 16.5. The number of ether oxygens (including phenoxy) is 1. The van der Waals surface area contributed by atoms with Gasteiger partial charge in [0.15, 0.2) is 0 Å². The van der Waals surface area contributed by atoms with Gasteiger partial charge in [-0.3, -0.25) is 4.79 Å². The van der Waals surface area contributed by atoms with E-state index in [0.29, 0.717) is 13.2 Å². The smallest absolute Gasteiger partial charge is 0.312 e. The normalized spacial score (nSPS) is 36.0. The molecule has 4 heteroatoms. The summed E-state index contributed by atoms with van der Waals surface area (Å²) in [4.78, 5) is 12.6. The minimum absolute atomic E-state index is 0.103. The summed E-state index contributed by atoms with van der Waals surface area (Å²) in [6, 6.07) is 0. The van der Waals surface area contributed by atoms with E-state index in [1.165, 1.54) is 19.3 Å². The summed E-state index contributed by atoms with van der Waals surface area (Å²) in [5.74, 6) is 2.49. The zero-order valence-corrected chi connectivity index (χ0v) is 13.9. The van der Waals surface area contributed by atoms with Crippen LogP contribution in [0.5, 0.6) is 0 Å². The van der Waals surface area contributed by atoms with E-state index in [1.807, 2.05) is 0 Å². The Morgan fingerprint density at radius 3 is 2.14 bits per heavy atom. The summed E-state index contributed by atoms with van der Waals surface area (Å²) in [5.41, 5.74) is -0.111. The molecular formula is C18H30NO3-. The van der Waals surface area contributed by atoms with Crippen molar-refractivity contribution >= 4 is 5.97 Å². The molecule has 0 radical (unpaired) electrons. The van der Waals surface area contributed by atoms with Gasteiger partial charge < -0.3 is 15.0 Å². The van der Waals surface area contributed by atoms with Gasteiger partial charge in [0.25, 0.3) is 0 Å². The first-order chi connectivity index (χ1) is 10.6. The molecular weight excluding hydrogens is 278 g/mol. The molecule has 0 aromatic heterocycles. The van der Waals surface area contributed by atoms with Crippen molar-refractivity contribution in [1.29, 1.82) is 0 Å². The van der Waals surface area contributed by atoms with Crippen LogP contribution in [0.4, 0.5) is 0 Å². The molecule has 126 valence electrons. The second-order valence-corrected chi connectivity index (χ2v) is 8.10. The van der Waals surface area contributed by atoms with E-state index in [-0.39, 0.29) is 11.4 Å². The summed E-state index contributed by atoms with van der Waals surface area (Å²) in [5, 5.41) is 11.8. The van der Waals surface area contributed by atoms with Gasteiger partial charge in [0, 0.05) is 0 Å². The molecule has 22 heavy (non-hydrogen) atoms. The third-order valence-corrected chi connectivity index (χ3v) is 6.07. The molecule has 4 aliphatic carbocycles. The molecule has 4 aliphatic rings. The number of unbranched alkanes of at least 4 members (excludes halogenated alkanes) is 3. The third-order valence-electron chi connectivity index (χ3n) is 6.07.